The molecule has 0 saturated carbocycles. The van der Waals surface area contributed by atoms with E-state index >= 15 is 0 Å². The van der Waals surface area contributed by atoms with E-state index in [1.54, 1.807) is 12.3 Å². The van der Waals surface area contributed by atoms with E-state index in [9.17, 15) is 4.79 Å². The third kappa shape index (κ3) is 2.96. The zero-order valence-corrected chi connectivity index (χ0v) is 11.3. The van der Waals surface area contributed by atoms with Gasteiger partial charge in [0, 0.05) is 11.9 Å². The molecule has 1 N–H and O–H groups in total. The number of nitrogens with zero attached hydrogens (tertiary/aromatic N) is 2. The number of carbonyl (C=O) groups excluding carboxylic acids is 1. The summed E-state index contributed by atoms with van der Waals surface area (Å²) >= 11 is 0. The number of carbonyl (C=O) groups is 1. The normalized spacial score (nSPS) is 10.5. The van der Waals surface area contributed by atoms with Crippen molar-refractivity contribution in [2.75, 3.05) is 5.32 Å². The zero-order chi connectivity index (χ0) is 13.8. The van der Waals surface area contributed by atoms with E-state index in [-0.39, 0.29) is 5.91 Å². The highest BCUT2D eigenvalue weighted by Gasteiger charge is 2.13. The number of hydrogen-bond donors (Lipinski definition) is 1. The monoisotopic (exact) mass is 255 g/mol. The number of nitrogens with one attached hydrogen (secondary N) is 1. The minimum Gasteiger partial charge on any atom is -0.320 e. The summed E-state index contributed by atoms with van der Waals surface area (Å²) in [7, 11) is 0. The van der Waals surface area contributed by atoms with E-state index in [1.165, 1.54) is 6.33 Å². The van der Waals surface area contributed by atoms with Gasteiger partial charge in [-0.25, -0.2) is 9.97 Å². The summed E-state index contributed by atoms with van der Waals surface area (Å²) in [5, 5.41) is 2.95. The standard InChI is InChI=1S/C15H17N3O/c1-10(2)12-6-4-5-11(3)14(12)18-15(19)13-7-8-16-9-17-13/h4-10H,1-3H3,(H,18,19). The number of anilines is 1. The van der Waals surface area contributed by atoms with E-state index in [0.717, 1.165) is 16.8 Å². The van der Waals surface area contributed by atoms with E-state index in [2.05, 4.69) is 29.1 Å². The summed E-state index contributed by atoms with van der Waals surface area (Å²) in [6.07, 6.45) is 2.93. The van der Waals surface area contributed by atoms with Crippen LogP contribution in [0.15, 0.2) is 36.8 Å². The van der Waals surface area contributed by atoms with E-state index in [0.29, 0.717) is 11.6 Å². The molecule has 4 heteroatoms. The fourth-order valence-electron chi connectivity index (χ4n) is 1.94. The molecule has 2 aromatic rings. The second-order valence-electron chi connectivity index (χ2n) is 4.74. The van der Waals surface area contributed by atoms with Gasteiger partial charge in [0.05, 0.1) is 0 Å². The zero-order valence-electron chi connectivity index (χ0n) is 11.3. The lowest BCUT2D eigenvalue weighted by atomic mass is 9.98. The van der Waals surface area contributed by atoms with Crippen LogP contribution in [0.3, 0.4) is 0 Å². The quantitative estimate of drug-likeness (QED) is 0.916. The van der Waals surface area contributed by atoms with Gasteiger partial charge < -0.3 is 5.32 Å². The first-order chi connectivity index (χ1) is 9.09. The second kappa shape index (κ2) is 5.61. The summed E-state index contributed by atoms with van der Waals surface area (Å²) < 4.78 is 0. The van der Waals surface area contributed by atoms with Crippen molar-refractivity contribution in [1.29, 1.82) is 0 Å². The Morgan fingerprint density at radius 1 is 1.26 bits per heavy atom. The van der Waals surface area contributed by atoms with Gasteiger partial charge in [0.25, 0.3) is 5.91 Å². The minimum atomic E-state index is -0.210. The van der Waals surface area contributed by atoms with E-state index in [4.69, 9.17) is 0 Å². The molecule has 1 amide bonds. The minimum absolute atomic E-state index is 0.210. The van der Waals surface area contributed by atoms with Gasteiger partial charge in [0.1, 0.15) is 12.0 Å². The van der Waals surface area contributed by atoms with Crippen LogP contribution in [0.2, 0.25) is 0 Å². The topological polar surface area (TPSA) is 54.9 Å². The van der Waals surface area contributed by atoms with Crippen molar-refractivity contribution in [3.8, 4) is 0 Å². The van der Waals surface area contributed by atoms with Gasteiger partial charge in [-0.2, -0.15) is 0 Å². The van der Waals surface area contributed by atoms with Crippen molar-refractivity contribution in [2.45, 2.75) is 26.7 Å². The van der Waals surface area contributed by atoms with Gasteiger partial charge in [-0.1, -0.05) is 32.0 Å². The smallest absolute Gasteiger partial charge is 0.274 e. The summed E-state index contributed by atoms with van der Waals surface area (Å²) in [6.45, 7) is 6.20. The number of benzene rings is 1. The molecule has 1 heterocycles. The molecule has 0 bridgehead atoms. The van der Waals surface area contributed by atoms with Crippen molar-refractivity contribution in [3.63, 3.8) is 0 Å². The number of aromatic nitrogens is 2. The second-order valence-corrected chi connectivity index (χ2v) is 4.74. The summed E-state index contributed by atoms with van der Waals surface area (Å²) in [6, 6.07) is 7.63. The number of hydrogen-bond acceptors (Lipinski definition) is 3. The lowest BCUT2D eigenvalue weighted by molar-refractivity contribution is 0.102. The predicted octanol–water partition coefficient (Wildman–Crippen LogP) is 3.16. The van der Waals surface area contributed by atoms with Crippen LogP contribution in [0, 0.1) is 6.92 Å². The molecule has 0 aliphatic rings. The number of aryl methyl sites for hydroxylation is 1. The molecule has 0 spiro atoms. The van der Waals surface area contributed by atoms with Gasteiger partial charge in [0.15, 0.2) is 0 Å². The third-order valence-electron chi connectivity index (χ3n) is 2.98. The van der Waals surface area contributed by atoms with Crippen LogP contribution in [0.5, 0.6) is 0 Å². The molecule has 19 heavy (non-hydrogen) atoms. The molecule has 0 aliphatic carbocycles. The maximum atomic E-state index is 12.1. The average Bonchev–Trinajstić information content (AvgIpc) is 2.41. The highest BCUT2D eigenvalue weighted by molar-refractivity contribution is 6.03. The first-order valence-electron chi connectivity index (χ1n) is 6.26. The highest BCUT2D eigenvalue weighted by atomic mass is 16.1. The molecule has 0 saturated heterocycles. The Bertz CT molecular complexity index is 579. The Kier molecular flexibility index (Phi) is 3.90. The molecular weight excluding hydrogens is 238 g/mol. The van der Waals surface area contributed by atoms with Crippen molar-refractivity contribution in [1.82, 2.24) is 9.97 Å². The van der Waals surface area contributed by atoms with Gasteiger partial charge in [-0.15, -0.1) is 0 Å². The first kappa shape index (κ1) is 13.2. The molecule has 1 aromatic carbocycles. The number of amides is 1. The van der Waals surface area contributed by atoms with Crippen LogP contribution in [-0.2, 0) is 0 Å². The van der Waals surface area contributed by atoms with Gasteiger partial charge in [-0.05, 0) is 30.0 Å². The van der Waals surface area contributed by atoms with Crippen molar-refractivity contribution >= 4 is 11.6 Å². The summed E-state index contributed by atoms with van der Waals surface area (Å²) in [5.41, 5.74) is 3.42. The van der Waals surface area contributed by atoms with Crippen LogP contribution >= 0.6 is 0 Å². The van der Waals surface area contributed by atoms with Crippen LogP contribution < -0.4 is 5.32 Å². The molecule has 98 valence electrons. The molecule has 0 radical (unpaired) electrons. The fraction of sp³-hybridized carbons (Fsp3) is 0.267. The lowest BCUT2D eigenvalue weighted by Crippen LogP contribution is -2.16. The molecule has 4 nitrogen and oxygen atoms in total. The Morgan fingerprint density at radius 3 is 2.68 bits per heavy atom. The summed E-state index contributed by atoms with van der Waals surface area (Å²) in [5.74, 6) is 0.138. The molecular formula is C15H17N3O. The maximum Gasteiger partial charge on any atom is 0.274 e. The van der Waals surface area contributed by atoms with Gasteiger partial charge in [0.2, 0.25) is 0 Å². The van der Waals surface area contributed by atoms with Crippen molar-refractivity contribution in [2.24, 2.45) is 0 Å². The van der Waals surface area contributed by atoms with Crippen molar-refractivity contribution in [3.05, 3.63) is 53.6 Å². The fourth-order valence-corrected chi connectivity index (χ4v) is 1.94. The lowest BCUT2D eigenvalue weighted by Gasteiger charge is -2.16. The number of para-hydroxylation sites is 1. The van der Waals surface area contributed by atoms with Crippen LogP contribution in [0.25, 0.3) is 0 Å². The molecule has 2 rings (SSSR count). The highest BCUT2D eigenvalue weighted by Crippen LogP contribution is 2.27. The Labute approximate surface area is 112 Å². The third-order valence-corrected chi connectivity index (χ3v) is 2.98. The van der Waals surface area contributed by atoms with E-state index in [1.807, 2.05) is 25.1 Å². The van der Waals surface area contributed by atoms with Crippen LogP contribution in [-0.4, -0.2) is 15.9 Å². The first-order valence-corrected chi connectivity index (χ1v) is 6.26. The molecule has 0 fully saturated rings. The molecule has 1 aromatic heterocycles. The number of rotatable bonds is 3. The van der Waals surface area contributed by atoms with Crippen molar-refractivity contribution < 1.29 is 4.79 Å². The molecule has 0 atom stereocenters. The Hall–Kier alpha value is -2.23. The largest absolute Gasteiger partial charge is 0.320 e. The molecule has 0 unspecified atom stereocenters. The average molecular weight is 255 g/mol. The van der Waals surface area contributed by atoms with Gasteiger partial charge in [-0.3, -0.25) is 4.79 Å². The van der Waals surface area contributed by atoms with Gasteiger partial charge >= 0.3 is 0 Å². The SMILES string of the molecule is Cc1cccc(C(C)C)c1NC(=O)c1ccncn1. The Morgan fingerprint density at radius 2 is 2.05 bits per heavy atom. The summed E-state index contributed by atoms with van der Waals surface area (Å²) in [4.78, 5) is 19.9. The van der Waals surface area contributed by atoms with Crippen LogP contribution in [0.4, 0.5) is 5.69 Å². The predicted molar refractivity (Wildman–Crippen MR) is 75.3 cm³/mol. The molecule has 0 aliphatic heterocycles. The Balaban J connectivity index is 2.31. The van der Waals surface area contributed by atoms with E-state index < -0.39 is 0 Å². The van der Waals surface area contributed by atoms with Crippen LogP contribution in [0.1, 0.15) is 41.4 Å². The maximum absolute atomic E-state index is 12.1.